The number of aryl methyl sites for hydroxylation is 1. The summed E-state index contributed by atoms with van der Waals surface area (Å²) in [4.78, 5) is 11.6. The van der Waals surface area contributed by atoms with Crippen molar-refractivity contribution < 1.29 is 23.8 Å². The lowest BCUT2D eigenvalue weighted by atomic mass is 9.99. The van der Waals surface area contributed by atoms with Crippen LogP contribution in [-0.2, 0) is 24.1 Å². The van der Waals surface area contributed by atoms with E-state index in [1.807, 2.05) is 12.1 Å². The molecule has 2 unspecified atom stereocenters. The lowest BCUT2D eigenvalue weighted by Crippen LogP contribution is -2.49. The molecule has 5 nitrogen and oxygen atoms in total. The molecule has 4 atom stereocenters. The first kappa shape index (κ1) is 22.3. The Morgan fingerprint density at radius 3 is 2.50 bits per heavy atom. The van der Waals surface area contributed by atoms with Gasteiger partial charge in [0.1, 0.15) is 11.6 Å². The van der Waals surface area contributed by atoms with Crippen LogP contribution in [0.25, 0.3) is 0 Å². The van der Waals surface area contributed by atoms with Crippen LogP contribution in [0.2, 0.25) is 0 Å². The van der Waals surface area contributed by atoms with Crippen molar-refractivity contribution in [2.75, 3.05) is 6.54 Å². The predicted molar refractivity (Wildman–Crippen MR) is 110 cm³/mol. The molecule has 0 saturated heterocycles. The van der Waals surface area contributed by atoms with E-state index in [2.05, 4.69) is 23.6 Å². The first-order chi connectivity index (χ1) is 14.3. The molecule has 162 valence electrons. The standard InChI is InChI=1S/C23H28F2N2O3/c1-3-14-4-5-16-10-21(29)23(19(16)8-14)26-12-22(30)20(27-13(2)28)9-15-6-17(24)11-18(25)7-15/h4-8,11,20-23,26,29-30H,3,9-10,12H2,1-2H3,(H,27,28)/t20-,21?,22+,23?/m0/s1. The number of halogens is 2. The molecule has 2 aromatic rings. The fraction of sp³-hybridized carbons (Fsp3) is 0.435. The highest BCUT2D eigenvalue weighted by atomic mass is 19.1. The number of amides is 1. The number of fused-ring (bicyclic) bond motifs is 1. The predicted octanol–water partition coefficient (Wildman–Crippen LogP) is 2.18. The quantitative estimate of drug-likeness (QED) is 0.530. The van der Waals surface area contributed by atoms with Crippen LogP contribution in [0.3, 0.4) is 0 Å². The first-order valence-electron chi connectivity index (χ1n) is 10.2. The topological polar surface area (TPSA) is 81.6 Å². The zero-order chi connectivity index (χ0) is 21.8. The highest BCUT2D eigenvalue weighted by Gasteiger charge is 2.32. The van der Waals surface area contributed by atoms with Crippen LogP contribution in [0, 0.1) is 11.6 Å². The smallest absolute Gasteiger partial charge is 0.217 e. The second-order valence-electron chi connectivity index (χ2n) is 7.90. The zero-order valence-electron chi connectivity index (χ0n) is 17.2. The number of nitrogens with one attached hydrogen (secondary N) is 2. The number of benzene rings is 2. The molecule has 1 aliphatic rings. The molecule has 1 aliphatic carbocycles. The van der Waals surface area contributed by atoms with E-state index in [0.717, 1.165) is 23.6 Å². The van der Waals surface area contributed by atoms with E-state index in [0.29, 0.717) is 12.0 Å². The number of carbonyl (C=O) groups is 1. The monoisotopic (exact) mass is 418 g/mol. The maximum atomic E-state index is 13.5. The Bertz CT molecular complexity index is 886. The maximum Gasteiger partial charge on any atom is 0.217 e. The number of carbonyl (C=O) groups excluding carboxylic acids is 1. The SMILES string of the molecule is CCc1ccc2c(c1)C(NC[C@@H](O)[C@H](Cc1cc(F)cc(F)c1)NC(C)=O)C(O)C2. The fourth-order valence-electron chi connectivity index (χ4n) is 4.05. The van der Waals surface area contributed by atoms with Crippen LogP contribution in [0.15, 0.2) is 36.4 Å². The van der Waals surface area contributed by atoms with E-state index in [-0.39, 0.29) is 24.9 Å². The highest BCUT2D eigenvalue weighted by molar-refractivity contribution is 5.73. The van der Waals surface area contributed by atoms with E-state index in [1.165, 1.54) is 24.6 Å². The second kappa shape index (κ2) is 9.64. The number of rotatable bonds is 8. The van der Waals surface area contributed by atoms with Gasteiger partial charge in [0.15, 0.2) is 0 Å². The van der Waals surface area contributed by atoms with Crippen molar-refractivity contribution in [1.29, 1.82) is 0 Å². The normalized spacial score (nSPS) is 19.9. The molecule has 0 aromatic heterocycles. The molecule has 4 N–H and O–H groups in total. The third-order valence-electron chi connectivity index (χ3n) is 5.55. The molecule has 7 heteroatoms. The van der Waals surface area contributed by atoms with E-state index < -0.39 is 29.9 Å². The third-order valence-corrected chi connectivity index (χ3v) is 5.55. The lowest BCUT2D eigenvalue weighted by molar-refractivity contribution is -0.120. The summed E-state index contributed by atoms with van der Waals surface area (Å²) in [6.45, 7) is 3.48. The molecular formula is C23H28F2N2O3. The van der Waals surface area contributed by atoms with Crippen LogP contribution >= 0.6 is 0 Å². The van der Waals surface area contributed by atoms with Gasteiger partial charge in [-0.25, -0.2) is 8.78 Å². The Kier molecular flexibility index (Phi) is 7.18. The minimum Gasteiger partial charge on any atom is -0.391 e. The van der Waals surface area contributed by atoms with Crippen molar-refractivity contribution in [3.8, 4) is 0 Å². The van der Waals surface area contributed by atoms with Gasteiger partial charge in [0, 0.05) is 26.0 Å². The summed E-state index contributed by atoms with van der Waals surface area (Å²) in [5.41, 5.74) is 3.58. The first-order valence-corrected chi connectivity index (χ1v) is 10.2. The van der Waals surface area contributed by atoms with Gasteiger partial charge in [0.05, 0.1) is 24.3 Å². The van der Waals surface area contributed by atoms with Crippen molar-refractivity contribution in [2.24, 2.45) is 0 Å². The van der Waals surface area contributed by atoms with E-state index in [1.54, 1.807) is 0 Å². The summed E-state index contributed by atoms with van der Waals surface area (Å²) in [7, 11) is 0. The average molecular weight is 418 g/mol. The van der Waals surface area contributed by atoms with Gasteiger partial charge in [0.25, 0.3) is 0 Å². The number of hydrogen-bond donors (Lipinski definition) is 4. The Labute approximate surface area is 175 Å². The molecule has 1 amide bonds. The van der Waals surface area contributed by atoms with Crippen LogP contribution in [0.5, 0.6) is 0 Å². The summed E-state index contributed by atoms with van der Waals surface area (Å²) >= 11 is 0. The third kappa shape index (κ3) is 5.41. The van der Waals surface area contributed by atoms with Crippen LogP contribution in [-0.4, -0.2) is 40.9 Å². The molecule has 0 bridgehead atoms. The summed E-state index contributed by atoms with van der Waals surface area (Å²) in [5, 5.41) is 27.0. The van der Waals surface area contributed by atoms with Gasteiger partial charge < -0.3 is 20.8 Å². The Morgan fingerprint density at radius 1 is 1.17 bits per heavy atom. The fourth-order valence-corrected chi connectivity index (χ4v) is 4.05. The van der Waals surface area contributed by atoms with E-state index >= 15 is 0 Å². The lowest BCUT2D eigenvalue weighted by Gasteiger charge is -2.27. The van der Waals surface area contributed by atoms with Crippen molar-refractivity contribution >= 4 is 5.91 Å². The zero-order valence-corrected chi connectivity index (χ0v) is 17.2. The molecule has 30 heavy (non-hydrogen) atoms. The molecule has 0 aliphatic heterocycles. The van der Waals surface area contributed by atoms with Crippen molar-refractivity contribution in [1.82, 2.24) is 10.6 Å². The molecular weight excluding hydrogens is 390 g/mol. The summed E-state index contributed by atoms with van der Waals surface area (Å²) in [6.07, 6.45) is -0.152. The van der Waals surface area contributed by atoms with Gasteiger partial charge >= 0.3 is 0 Å². The van der Waals surface area contributed by atoms with Crippen LogP contribution < -0.4 is 10.6 Å². The molecule has 0 fully saturated rings. The molecule has 0 saturated carbocycles. The van der Waals surface area contributed by atoms with E-state index in [4.69, 9.17) is 0 Å². The number of hydrogen-bond acceptors (Lipinski definition) is 4. The minimum absolute atomic E-state index is 0.0703. The van der Waals surface area contributed by atoms with Gasteiger partial charge in [-0.05, 0) is 47.2 Å². The maximum absolute atomic E-state index is 13.5. The van der Waals surface area contributed by atoms with Gasteiger partial charge in [-0.3, -0.25) is 4.79 Å². The van der Waals surface area contributed by atoms with Crippen LogP contribution in [0.1, 0.15) is 42.1 Å². The van der Waals surface area contributed by atoms with Gasteiger partial charge in [0.2, 0.25) is 5.91 Å². The molecule has 0 radical (unpaired) electrons. The average Bonchev–Trinajstić information content (AvgIpc) is 2.98. The van der Waals surface area contributed by atoms with Crippen molar-refractivity contribution in [3.05, 3.63) is 70.3 Å². The Morgan fingerprint density at radius 2 is 1.87 bits per heavy atom. The van der Waals surface area contributed by atoms with Crippen LogP contribution in [0.4, 0.5) is 8.78 Å². The van der Waals surface area contributed by atoms with Crippen molar-refractivity contribution in [3.63, 3.8) is 0 Å². The summed E-state index contributed by atoms with van der Waals surface area (Å²) < 4.78 is 27.0. The molecule has 0 spiro atoms. The number of aliphatic hydroxyl groups is 2. The largest absolute Gasteiger partial charge is 0.391 e. The van der Waals surface area contributed by atoms with E-state index in [9.17, 15) is 23.8 Å². The van der Waals surface area contributed by atoms with Gasteiger partial charge in [-0.15, -0.1) is 0 Å². The Hall–Kier alpha value is -2.35. The summed E-state index contributed by atoms with van der Waals surface area (Å²) in [5.74, 6) is -1.78. The molecule has 3 rings (SSSR count). The number of aliphatic hydroxyl groups excluding tert-OH is 2. The minimum atomic E-state index is -1.02. The summed E-state index contributed by atoms with van der Waals surface area (Å²) in [6, 6.07) is 8.21. The molecule has 0 heterocycles. The van der Waals surface area contributed by atoms with Gasteiger partial charge in [-0.1, -0.05) is 25.1 Å². The highest BCUT2D eigenvalue weighted by Crippen LogP contribution is 2.32. The van der Waals surface area contributed by atoms with Gasteiger partial charge in [-0.2, -0.15) is 0 Å². The molecule has 2 aromatic carbocycles. The van der Waals surface area contributed by atoms with Crippen molar-refractivity contribution in [2.45, 2.75) is 57.4 Å². The Balaban J connectivity index is 1.70. The second-order valence-corrected chi connectivity index (χ2v) is 7.90.